The summed E-state index contributed by atoms with van der Waals surface area (Å²) >= 11 is 12.3. The van der Waals surface area contributed by atoms with E-state index in [0.717, 1.165) is 0 Å². The third-order valence-electron chi connectivity index (χ3n) is 4.64. The van der Waals surface area contributed by atoms with Crippen LogP contribution < -0.4 is 19.5 Å². The van der Waals surface area contributed by atoms with Gasteiger partial charge in [0.2, 0.25) is 5.91 Å². The summed E-state index contributed by atoms with van der Waals surface area (Å²) in [4.78, 5) is 27.2. The van der Waals surface area contributed by atoms with Gasteiger partial charge in [0.25, 0.3) is 5.91 Å². The van der Waals surface area contributed by atoms with Crippen LogP contribution in [0.25, 0.3) is 0 Å². The molecule has 0 saturated carbocycles. The summed E-state index contributed by atoms with van der Waals surface area (Å²) in [5.41, 5.74) is 0.664. The van der Waals surface area contributed by atoms with Crippen molar-refractivity contribution >= 4 is 35.0 Å². The lowest BCUT2D eigenvalue weighted by molar-refractivity contribution is -0.142. The molecule has 0 unspecified atom stereocenters. The zero-order valence-electron chi connectivity index (χ0n) is 18.8. The predicted octanol–water partition coefficient (Wildman–Crippen LogP) is 4.33. The van der Waals surface area contributed by atoms with Crippen molar-refractivity contribution in [2.75, 3.05) is 20.8 Å². The van der Waals surface area contributed by atoms with Crippen LogP contribution in [0, 0.1) is 0 Å². The number of nitrogens with one attached hydrogen (secondary N) is 1. The number of hydrogen-bond donors (Lipinski definition) is 1. The first-order valence-electron chi connectivity index (χ1n) is 10.0. The lowest BCUT2D eigenvalue weighted by atomic mass is 10.1. The first kappa shape index (κ1) is 25.6. The SMILES string of the molecule is COc1cc(OC)cc(OCC(=O)N(Cc2ccc(Cl)cc2Cl)[C@H](C)C(=O)NC(C)C)c1. The van der Waals surface area contributed by atoms with E-state index in [0.29, 0.717) is 32.9 Å². The summed E-state index contributed by atoms with van der Waals surface area (Å²) in [7, 11) is 3.05. The van der Waals surface area contributed by atoms with Crippen LogP contribution >= 0.6 is 23.2 Å². The first-order chi connectivity index (χ1) is 15.1. The van der Waals surface area contributed by atoms with Crippen LogP contribution in [0.4, 0.5) is 0 Å². The maximum atomic E-state index is 13.1. The van der Waals surface area contributed by atoms with Gasteiger partial charge in [0.05, 0.1) is 14.2 Å². The topological polar surface area (TPSA) is 77.1 Å². The third kappa shape index (κ3) is 7.21. The van der Waals surface area contributed by atoms with Crippen molar-refractivity contribution in [3.63, 3.8) is 0 Å². The van der Waals surface area contributed by atoms with Gasteiger partial charge in [-0.3, -0.25) is 9.59 Å². The molecule has 2 amide bonds. The van der Waals surface area contributed by atoms with Gasteiger partial charge in [-0.2, -0.15) is 0 Å². The summed E-state index contributed by atoms with van der Waals surface area (Å²) in [6, 6.07) is 9.17. The molecule has 9 heteroatoms. The highest BCUT2D eigenvalue weighted by molar-refractivity contribution is 6.35. The molecular formula is C23H28Cl2N2O5. The number of halogens is 2. The largest absolute Gasteiger partial charge is 0.496 e. The Morgan fingerprint density at radius 3 is 2.09 bits per heavy atom. The van der Waals surface area contributed by atoms with Crippen molar-refractivity contribution in [1.82, 2.24) is 10.2 Å². The van der Waals surface area contributed by atoms with Crippen LogP contribution in [0.2, 0.25) is 10.0 Å². The fourth-order valence-corrected chi connectivity index (χ4v) is 3.38. The Kier molecular flexibility index (Phi) is 9.47. The average Bonchev–Trinajstić information content (AvgIpc) is 2.75. The standard InChI is InChI=1S/C23H28Cl2N2O5/c1-14(2)26-23(29)15(3)27(12-16-6-7-17(24)8-21(16)25)22(28)13-32-20-10-18(30-4)9-19(11-20)31-5/h6-11,14-15H,12-13H2,1-5H3,(H,26,29)/t15-/m1/s1. The fraction of sp³-hybridized carbons (Fsp3) is 0.391. The molecule has 0 radical (unpaired) electrons. The van der Waals surface area contributed by atoms with Crippen molar-refractivity contribution < 1.29 is 23.8 Å². The molecule has 0 aromatic heterocycles. The van der Waals surface area contributed by atoms with Gasteiger partial charge in [0, 0.05) is 40.8 Å². The van der Waals surface area contributed by atoms with Gasteiger partial charge in [0.1, 0.15) is 23.3 Å². The van der Waals surface area contributed by atoms with Crippen molar-refractivity contribution in [1.29, 1.82) is 0 Å². The zero-order valence-corrected chi connectivity index (χ0v) is 20.3. The second kappa shape index (κ2) is 11.8. The minimum absolute atomic E-state index is 0.0680. The van der Waals surface area contributed by atoms with Crippen molar-refractivity contribution in [2.45, 2.75) is 39.4 Å². The van der Waals surface area contributed by atoms with Gasteiger partial charge >= 0.3 is 0 Å². The van der Waals surface area contributed by atoms with Gasteiger partial charge in [-0.05, 0) is 38.5 Å². The lowest BCUT2D eigenvalue weighted by Gasteiger charge is -2.29. The highest BCUT2D eigenvalue weighted by Gasteiger charge is 2.27. The van der Waals surface area contributed by atoms with Crippen LogP contribution in [0.15, 0.2) is 36.4 Å². The highest BCUT2D eigenvalue weighted by atomic mass is 35.5. The van der Waals surface area contributed by atoms with E-state index in [1.165, 1.54) is 19.1 Å². The van der Waals surface area contributed by atoms with E-state index in [4.69, 9.17) is 37.4 Å². The van der Waals surface area contributed by atoms with Gasteiger partial charge in [-0.1, -0.05) is 29.3 Å². The van der Waals surface area contributed by atoms with Crippen LogP contribution in [-0.2, 0) is 16.1 Å². The summed E-state index contributed by atoms with van der Waals surface area (Å²) in [5, 5.41) is 3.72. The molecule has 0 saturated heterocycles. The Morgan fingerprint density at radius 2 is 1.56 bits per heavy atom. The van der Waals surface area contributed by atoms with Crippen LogP contribution in [0.1, 0.15) is 26.3 Å². The Balaban J connectivity index is 2.23. The Bertz CT molecular complexity index is 930. The number of carbonyl (C=O) groups excluding carboxylic acids is 2. The molecule has 2 aromatic carbocycles. The normalized spacial score (nSPS) is 11.6. The number of rotatable bonds is 10. The van der Waals surface area contributed by atoms with Crippen molar-refractivity contribution in [3.8, 4) is 17.2 Å². The molecule has 0 spiro atoms. The molecule has 0 aliphatic carbocycles. The molecule has 2 rings (SSSR count). The molecule has 0 aliphatic heterocycles. The maximum Gasteiger partial charge on any atom is 0.261 e. The summed E-state index contributed by atoms with van der Waals surface area (Å²) < 4.78 is 16.1. The molecule has 2 aromatic rings. The average molecular weight is 483 g/mol. The van der Waals surface area contributed by atoms with E-state index in [9.17, 15) is 9.59 Å². The molecule has 174 valence electrons. The number of methoxy groups -OCH3 is 2. The molecule has 0 heterocycles. The third-order valence-corrected chi connectivity index (χ3v) is 5.23. The highest BCUT2D eigenvalue weighted by Crippen LogP contribution is 2.28. The van der Waals surface area contributed by atoms with Crippen LogP contribution in [0.5, 0.6) is 17.2 Å². The van der Waals surface area contributed by atoms with E-state index in [-0.39, 0.29) is 31.0 Å². The number of nitrogens with zero attached hydrogens (tertiary/aromatic N) is 1. The Morgan fingerprint density at radius 1 is 0.969 bits per heavy atom. The summed E-state index contributed by atoms with van der Waals surface area (Å²) in [6.07, 6.45) is 0. The van der Waals surface area contributed by atoms with Gasteiger partial charge in [0.15, 0.2) is 6.61 Å². The minimum atomic E-state index is -0.750. The fourth-order valence-electron chi connectivity index (χ4n) is 2.91. The van der Waals surface area contributed by atoms with Crippen LogP contribution in [-0.4, -0.2) is 49.6 Å². The monoisotopic (exact) mass is 482 g/mol. The maximum absolute atomic E-state index is 13.1. The molecule has 7 nitrogen and oxygen atoms in total. The molecule has 0 aliphatic rings. The summed E-state index contributed by atoms with van der Waals surface area (Å²) in [6.45, 7) is 5.19. The number of ether oxygens (including phenoxy) is 3. The zero-order chi connectivity index (χ0) is 23.8. The number of benzene rings is 2. The number of carbonyl (C=O) groups is 2. The van der Waals surface area contributed by atoms with E-state index in [1.807, 2.05) is 13.8 Å². The Labute approximate surface area is 198 Å². The second-order valence-corrected chi connectivity index (χ2v) is 8.28. The first-order valence-corrected chi connectivity index (χ1v) is 10.8. The second-order valence-electron chi connectivity index (χ2n) is 7.43. The molecule has 1 N–H and O–H groups in total. The lowest BCUT2D eigenvalue weighted by Crippen LogP contribution is -2.50. The van der Waals surface area contributed by atoms with Crippen molar-refractivity contribution in [3.05, 3.63) is 52.0 Å². The van der Waals surface area contributed by atoms with E-state index < -0.39 is 6.04 Å². The van der Waals surface area contributed by atoms with E-state index >= 15 is 0 Å². The quantitative estimate of drug-likeness (QED) is 0.545. The minimum Gasteiger partial charge on any atom is -0.496 e. The van der Waals surface area contributed by atoms with Gasteiger partial charge in [-0.15, -0.1) is 0 Å². The summed E-state index contributed by atoms with van der Waals surface area (Å²) in [5.74, 6) is 0.798. The van der Waals surface area contributed by atoms with E-state index in [1.54, 1.807) is 43.3 Å². The molecular weight excluding hydrogens is 455 g/mol. The molecule has 1 atom stereocenters. The number of hydrogen-bond acceptors (Lipinski definition) is 5. The number of amides is 2. The van der Waals surface area contributed by atoms with Crippen LogP contribution in [0.3, 0.4) is 0 Å². The smallest absolute Gasteiger partial charge is 0.261 e. The van der Waals surface area contributed by atoms with Gasteiger partial charge in [-0.25, -0.2) is 0 Å². The molecule has 0 fully saturated rings. The Hall–Kier alpha value is -2.64. The predicted molar refractivity (Wildman–Crippen MR) is 125 cm³/mol. The molecule has 32 heavy (non-hydrogen) atoms. The van der Waals surface area contributed by atoms with Crippen molar-refractivity contribution in [2.24, 2.45) is 0 Å². The van der Waals surface area contributed by atoms with Gasteiger partial charge < -0.3 is 24.4 Å². The van der Waals surface area contributed by atoms with E-state index in [2.05, 4.69) is 5.32 Å². The molecule has 0 bridgehead atoms.